The number of rotatable bonds is 6. The molecule has 6 aromatic rings. The van der Waals surface area contributed by atoms with E-state index in [9.17, 15) is 22.4 Å². The van der Waals surface area contributed by atoms with E-state index in [1.165, 1.54) is 24.4 Å². The van der Waals surface area contributed by atoms with E-state index in [-0.39, 0.29) is 36.0 Å². The Bertz CT molecular complexity index is 2100. The molecular formula is C37H31F4N7O2. The number of halogens is 4. The second-order valence-corrected chi connectivity index (χ2v) is 12.0. The van der Waals surface area contributed by atoms with Gasteiger partial charge < -0.3 is 20.3 Å². The number of fused-ring (bicyclic) bond motifs is 2. The summed E-state index contributed by atoms with van der Waals surface area (Å²) in [5, 5.41) is 10.8. The number of amides is 1. The van der Waals surface area contributed by atoms with Gasteiger partial charge in [-0.25, -0.2) is 14.4 Å². The van der Waals surface area contributed by atoms with Crippen LogP contribution >= 0.6 is 0 Å². The van der Waals surface area contributed by atoms with Crippen LogP contribution in [0.5, 0.6) is 5.88 Å². The summed E-state index contributed by atoms with van der Waals surface area (Å²) in [7, 11) is 0. The van der Waals surface area contributed by atoms with Crippen molar-refractivity contribution >= 4 is 23.2 Å². The number of benzene rings is 3. The molecule has 1 unspecified atom stereocenters. The first-order valence-electron chi connectivity index (χ1n) is 15.9. The number of hydrogen-bond donors (Lipinski definition) is 2. The number of anilines is 2. The summed E-state index contributed by atoms with van der Waals surface area (Å²) in [5.74, 6) is -0.167. The molecule has 0 saturated heterocycles. The first-order valence-corrected chi connectivity index (χ1v) is 15.9. The van der Waals surface area contributed by atoms with E-state index in [1.807, 2.05) is 65.6 Å². The highest BCUT2D eigenvalue weighted by molar-refractivity contribution is 6.01. The summed E-state index contributed by atoms with van der Waals surface area (Å²) >= 11 is 0. The van der Waals surface area contributed by atoms with E-state index in [2.05, 4.69) is 20.7 Å². The fourth-order valence-electron chi connectivity index (χ4n) is 5.91. The molecule has 9 nitrogen and oxygen atoms in total. The van der Waals surface area contributed by atoms with Gasteiger partial charge in [-0.05, 0) is 41.8 Å². The molecule has 13 heteroatoms. The maximum absolute atomic E-state index is 14.5. The third kappa shape index (κ3) is 6.79. The van der Waals surface area contributed by atoms with Gasteiger partial charge in [0.2, 0.25) is 5.88 Å². The van der Waals surface area contributed by atoms with Crippen molar-refractivity contribution in [3.63, 3.8) is 0 Å². The summed E-state index contributed by atoms with van der Waals surface area (Å²) < 4.78 is 63.2. The Labute approximate surface area is 284 Å². The molecule has 7 rings (SSSR count). The normalized spacial score (nSPS) is 14.8. The van der Waals surface area contributed by atoms with Gasteiger partial charge in [-0.3, -0.25) is 4.79 Å². The Kier molecular flexibility index (Phi) is 8.79. The predicted octanol–water partition coefficient (Wildman–Crippen LogP) is 7.28. The van der Waals surface area contributed by atoms with Crippen molar-refractivity contribution in [3.8, 4) is 17.0 Å². The molecule has 3 aromatic carbocycles. The molecule has 2 bridgehead atoms. The highest BCUT2D eigenvalue weighted by Gasteiger charge is 2.32. The summed E-state index contributed by atoms with van der Waals surface area (Å²) in [6.07, 6.45) is -2.61. The Morgan fingerprint density at radius 1 is 0.920 bits per heavy atom. The van der Waals surface area contributed by atoms with Gasteiger partial charge >= 0.3 is 6.18 Å². The molecule has 1 aliphatic heterocycles. The van der Waals surface area contributed by atoms with E-state index in [4.69, 9.17) is 9.72 Å². The average Bonchev–Trinajstić information content (AvgIpc) is 3.54. The summed E-state index contributed by atoms with van der Waals surface area (Å²) in [4.78, 5) is 24.7. The summed E-state index contributed by atoms with van der Waals surface area (Å²) in [6, 6.07) is 25.5. The number of alkyl halides is 3. The largest absolute Gasteiger partial charge is 0.473 e. The quantitative estimate of drug-likeness (QED) is 0.179. The highest BCUT2D eigenvalue weighted by Crippen LogP contribution is 2.41. The van der Waals surface area contributed by atoms with Gasteiger partial charge in [-0.1, -0.05) is 72.8 Å². The number of aromatic nitrogens is 4. The first-order chi connectivity index (χ1) is 24.1. The van der Waals surface area contributed by atoms with Gasteiger partial charge in [-0.2, -0.15) is 22.8 Å². The van der Waals surface area contributed by atoms with Crippen LogP contribution in [-0.2, 0) is 25.8 Å². The highest BCUT2D eigenvalue weighted by atomic mass is 19.4. The van der Waals surface area contributed by atoms with Gasteiger partial charge in [0.25, 0.3) is 5.91 Å². The zero-order chi connectivity index (χ0) is 34.8. The van der Waals surface area contributed by atoms with Gasteiger partial charge in [0, 0.05) is 25.2 Å². The molecule has 0 aliphatic carbocycles. The number of pyridine rings is 1. The number of hydrogen-bond acceptors (Lipinski definition) is 7. The van der Waals surface area contributed by atoms with Gasteiger partial charge in [0.1, 0.15) is 29.1 Å². The third-order valence-corrected chi connectivity index (χ3v) is 8.30. The number of ether oxygens (including phenoxy) is 1. The maximum Gasteiger partial charge on any atom is 0.416 e. The fraction of sp³-hybridized carbons (Fsp3) is 0.189. The zero-order valence-corrected chi connectivity index (χ0v) is 26.8. The molecule has 0 spiro atoms. The molecule has 0 saturated carbocycles. The van der Waals surface area contributed by atoms with E-state index < -0.39 is 29.6 Å². The monoisotopic (exact) mass is 681 g/mol. The third-order valence-electron chi connectivity index (χ3n) is 8.30. The Morgan fingerprint density at radius 3 is 2.22 bits per heavy atom. The number of carbonyl (C=O) groups is 1. The van der Waals surface area contributed by atoms with E-state index in [0.29, 0.717) is 35.6 Å². The van der Waals surface area contributed by atoms with Crippen LogP contribution in [0.2, 0.25) is 0 Å². The van der Waals surface area contributed by atoms with Crippen LogP contribution < -0.4 is 20.3 Å². The Hall–Kier alpha value is -5.98. The average molecular weight is 682 g/mol. The fourth-order valence-corrected chi connectivity index (χ4v) is 5.91. The lowest BCUT2D eigenvalue weighted by molar-refractivity contribution is -0.137. The minimum absolute atomic E-state index is 0.00865. The van der Waals surface area contributed by atoms with Crippen molar-refractivity contribution < 1.29 is 27.1 Å². The lowest BCUT2D eigenvalue weighted by Crippen LogP contribution is -2.34. The minimum Gasteiger partial charge on any atom is -0.473 e. The molecule has 1 atom stereocenters. The number of nitrogens with zero attached hydrogens (tertiary/aromatic N) is 5. The summed E-state index contributed by atoms with van der Waals surface area (Å²) in [5.41, 5.74) is 2.71. The lowest BCUT2D eigenvalue weighted by atomic mass is 10.0. The Morgan fingerprint density at radius 2 is 1.58 bits per heavy atom. The summed E-state index contributed by atoms with van der Waals surface area (Å²) in [6.45, 7) is 2.59. The van der Waals surface area contributed by atoms with Crippen LogP contribution in [0.1, 0.15) is 39.5 Å². The van der Waals surface area contributed by atoms with Crippen LogP contribution in [0, 0.1) is 5.82 Å². The van der Waals surface area contributed by atoms with Crippen LogP contribution in [0.25, 0.3) is 16.8 Å². The smallest absolute Gasteiger partial charge is 0.416 e. The molecule has 254 valence electrons. The van der Waals surface area contributed by atoms with E-state index in [1.54, 1.807) is 11.4 Å². The lowest BCUT2D eigenvalue weighted by Gasteiger charge is -2.29. The second kappa shape index (κ2) is 13.5. The van der Waals surface area contributed by atoms with Crippen molar-refractivity contribution in [3.05, 3.63) is 137 Å². The van der Waals surface area contributed by atoms with Gasteiger partial charge in [0.15, 0.2) is 5.65 Å². The van der Waals surface area contributed by atoms with Gasteiger partial charge in [0.05, 0.1) is 30.1 Å². The molecule has 2 N–H and O–H groups in total. The Balaban J connectivity index is 1.50. The predicted molar refractivity (Wildman–Crippen MR) is 180 cm³/mol. The standard InChI is InChI=1S/C37H31F4N7O2/c1-23-17-43-34(49)30-20-45-48-33(30)46-32(42-18-27-16-29(38)19-44-35(27)50-23)31(26-12-14-28(15-13-26)37(39,40)41)36(48)47(21-24-8-4-2-5-9-24)22-25-10-6-3-7-11-25/h2-16,19-20,23H,17-18,21-22H2,1H3,(H,42,46)(H,43,49). The van der Waals surface area contributed by atoms with Crippen LogP contribution in [0.15, 0.2) is 103 Å². The van der Waals surface area contributed by atoms with Crippen molar-refractivity contribution in [2.24, 2.45) is 0 Å². The van der Waals surface area contributed by atoms with Crippen molar-refractivity contribution in [1.82, 2.24) is 24.9 Å². The molecule has 0 radical (unpaired) electrons. The first kappa shape index (κ1) is 32.6. The maximum atomic E-state index is 14.5. The topological polar surface area (TPSA) is 96.7 Å². The van der Waals surface area contributed by atoms with Crippen molar-refractivity contribution in [2.45, 2.75) is 38.8 Å². The zero-order valence-electron chi connectivity index (χ0n) is 26.8. The minimum atomic E-state index is -4.55. The number of nitrogens with one attached hydrogen (secondary N) is 2. The number of carbonyl (C=O) groups excluding carboxylic acids is 1. The van der Waals surface area contributed by atoms with Crippen molar-refractivity contribution in [1.29, 1.82) is 0 Å². The molecule has 4 heterocycles. The molecule has 0 fully saturated rings. The van der Waals surface area contributed by atoms with E-state index >= 15 is 0 Å². The van der Waals surface area contributed by atoms with Gasteiger partial charge in [-0.15, -0.1) is 0 Å². The molecule has 50 heavy (non-hydrogen) atoms. The van der Waals surface area contributed by atoms with Crippen LogP contribution in [-0.4, -0.2) is 38.1 Å². The second-order valence-electron chi connectivity index (χ2n) is 12.0. The SMILES string of the molecule is CC1CNC(=O)c2cnn3c(N(Cc4ccccc4)Cc4ccccc4)c(-c4ccc(C(F)(F)F)cc4)c(nc23)NCc2cc(F)cnc2O1. The molecule has 3 aromatic heterocycles. The van der Waals surface area contributed by atoms with E-state index in [0.717, 1.165) is 29.5 Å². The molecular weight excluding hydrogens is 650 g/mol. The molecule has 1 amide bonds. The van der Waals surface area contributed by atoms with Crippen molar-refractivity contribution in [2.75, 3.05) is 16.8 Å². The molecule has 1 aliphatic rings. The van der Waals surface area contributed by atoms with Crippen LogP contribution in [0.4, 0.5) is 29.2 Å². The van der Waals surface area contributed by atoms with Crippen LogP contribution in [0.3, 0.4) is 0 Å².